The van der Waals surface area contributed by atoms with Crippen LogP contribution < -0.4 is 93.1 Å². The van der Waals surface area contributed by atoms with E-state index < -0.39 is 83.1 Å². The van der Waals surface area contributed by atoms with Gasteiger partial charge in [0.15, 0.2) is 5.92 Å². The minimum atomic E-state index is -1.81. The number of anilines is 6. The molecule has 0 bridgehead atoms. The zero-order valence-electron chi connectivity index (χ0n) is 63.4. The van der Waals surface area contributed by atoms with Crippen molar-refractivity contribution in [3.63, 3.8) is 0 Å². The predicted octanol–water partition coefficient (Wildman–Crippen LogP) is 8.27. The van der Waals surface area contributed by atoms with Crippen LogP contribution in [0.3, 0.4) is 0 Å². The molecule has 0 saturated carbocycles. The summed E-state index contributed by atoms with van der Waals surface area (Å²) in [5, 5.41) is 34.2. The van der Waals surface area contributed by atoms with Crippen molar-refractivity contribution in [1.29, 1.82) is 5.26 Å². The molecular formula is C74H99KN8O24. The first-order valence-electron chi connectivity index (χ1n) is 34.1. The van der Waals surface area contributed by atoms with E-state index in [1.54, 1.807) is 136 Å². The molecule has 4 aromatic carbocycles. The third-order valence-electron chi connectivity index (χ3n) is 13.4. The number of benzene rings is 4. The molecule has 33 heteroatoms. The molecule has 580 valence electrons. The van der Waals surface area contributed by atoms with Crippen LogP contribution in [-0.4, -0.2) is 156 Å². The smallest absolute Gasteiger partial charge is 0.850 e. The molecule has 107 heavy (non-hydrogen) atoms. The molecule has 4 rings (SSSR count). The van der Waals surface area contributed by atoms with Crippen molar-refractivity contribution in [2.75, 3.05) is 105 Å². The monoisotopic (exact) mass is 1520 g/mol. The van der Waals surface area contributed by atoms with E-state index in [4.69, 9.17) is 47.9 Å². The molecule has 32 nitrogen and oxygen atoms in total. The largest absolute Gasteiger partial charge is 1.00 e. The molecule has 0 atom stereocenters. The average molecular weight is 1520 g/mol. The van der Waals surface area contributed by atoms with Gasteiger partial charge in [-0.3, -0.25) is 59.6 Å². The summed E-state index contributed by atoms with van der Waals surface area (Å²) < 4.78 is 50.9. The first-order chi connectivity index (χ1) is 50.3. The van der Waals surface area contributed by atoms with Crippen LogP contribution in [0.5, 0.6) is 5.75 Å². The van der Waals surface area contributed by atoms with Gasteiger partial charge in [0.1, 0.15) is 29.5 Å². The Kier molecular flexibility index (Phi) is 50.9. The van der Waals surface area contributed by atoms with Gasteiger partial charge >= 0.3 is 93.7 Å². The van der Waals surface area contributed by atoms with Crippen molar-refractivity contribution in [2.45, 2.75) is 153 Å². The van der Waals surface area contributed by atoms with Crippen molar-refractivity contribution in [3.05, 3.63) is 95.1 Å². The maximum absolute atomic E-state index is 12.8. The number of isocyanates is 1. The normalized spacial score (nSPS) is 10.2. The second-order valence-corrected chi connectivity index (χ2v) is 23.9. The van der Waals surface area contributed by atoms with Crippen molar-refractivity contribution in [3.8, 4) is 12.0 Å². The number of ether oxygens (including phenoxy) is 10. The number of ketones is 3. The van der Waals surface area contributed by atoms with Crippen LogP contribution in [0.25, 0.3) is 0 Å². The van der Waals surface area contributed by atoms with E-state index in [2.05, 4.69) is 41.6 Å². The first kappa shape index (κ1) is 97.5. The Morgan fingerprint density at radius 1 is 0.458 bits per heavy atom. The molecule has 0 unspecified atom stereocenters. The third-order valence-corrected chi connectivity index (χ3v) is 13.4. The molecule has 6 amide bonds. The molecule has 0 heterocycles. The van der Waals surface area contributed by atoms with Crippen molar-refractivity contribution < 1.29 is 166 Å². The molecule has 0 aliphatic rings. The van der Waals surface area contributed by atoms with E-state index in [1.165, 1.54) is 39.0 Å². The Balaban J connectivity index is 0.00000185. The number of aliphatic imine (C=N–C) groups is 1. The molecule has 0 radical (unpaired) electrons. The molecule has 0 aliphatic carbocycles. The number of hydrogen-bond acceptors (Lipinski definition) is 26. The number of nitrogens with zero attached hydrogens (tertiary/aromatic N) is 2. The van der Waals surface area contributed by atoms with E-state index in [0.717, 1.165) is 24.0 Å². The van der Waals surface area contributed by atoms with Gasteiger partial charge in [-0.05, 0) is 185 Å². The minimum absolute atomic E-state index is 0. The van der Waals surface area contributed by atoms with E-state index >= 15 is 0 Å². The van der Waals surface area contributed by atoms with Crippen LogP contribution in [0.4, 0.5) is 59.0 Å². The maximum atomic E-state index is 12.8. The Hall–Kier alpha value is -9.49. The van der Waals surface area contributed by atoms with Crippen LogP contribution in [0.2, 0.25) is 0 Å². The Morgan fingerprint density at radius 2 is 0.785 bits per heavy atom. The summed E-state index contributed by atoms with van der Waals surface area (Å²) in [6.45, 7) is 23.4. The zero-order valence-corrected chi connectivity index (χ0v) is 66.5. The van der Waals surface area contributed by atoms with E-state index in [-0.39, 0.29) is 109 Å². The number of aryl methyl sites for hydroxylation is 4. The fraction of sp³-hybridized carbons (Fsp3) is 0.486. The summed E-state index contributed by atoms with van der Waals surface area (Å²) in [5.41, 5.74) is 4.72. The predicted molar refractivity (Wildman–Crippen MR) is 388 cm³/mol. The summed E-state index contributed by atoms with van der Waals surface area (Å²) in [7, 11) is 0. The van der Waals surface area contributed by atoms with Crippen LogP contribution >= 0.6 is 0 Å². The number of hydrogen-bond donors (Lipinski definition) is 6. The first-order valence-corrected chi connectivity index (χ1v) is 34.1. The number of Topliss-reactive ketones (excluding diaryl/α,β-unsaturated/α-hetero) is 3. The standard InChI is InChI=1S/C38H50N4O13.C26H30N4O7.C6H10O3.C4H9O.K/c1-7-52-35(47)32(36(48)53-8-2)34(46)42-30-22-28(16-14-24(30)4)40-38(50)55-20-12-10-18-51-17-9-11-19-54-37(49)39-27-15-13-23(3)29(21-27)41-33(45)31(25(5)43)26(6)44;1-19-7-9-21(15-23(19)28-18-31)29-25(32)35-13-5-3-11-34-12-4-6-14-36-26(33)30-22-10-8-20(2)24(16-22)37-17-27;1-3-9-6(8)4-5(2)7;1-4(2,3)5;/h13-16,21-22,31-32H,7-12,17-20H2,1-6H3,(H,39,49)(H,40,50)(H,41,45)(H,42,46);7-10,15-16H,3-6,11-14H2,1-2H3,(H,29,32)(H,30,33);3-4H2,1-2H3;1-3H3;/q;;;-1;+1. The SMILES string of the molecule is CC(C)(C)[O-].CCOC(=O)C(C(=O)Nc1cc(NC(=O)OCCCCOCCCCOC(=O)Nc2ccc(C)c(NC(=O)C(C(C)=O)C(C)=O)c2)ccc1C)C(=O)OCC.CCOC(=O)CC(C)=O.Cc1ccc(NC(=O)OCCCCOCCCCOC(=O)Nc2ccc(C)c(OC#N)c2)cc1N=C=O.[K+]. The number of esters is 3. The number of carbonyl (C=O) groups is 12. The summed E-state index contributed by atoms with van der Waals surface area (Å²) in [6.07, 6.45) is 5.47. The average Bonchev–Trinajstić information content (AvgIpc) is 0.475. The van der Waals surface area contributed by atoms with Gasteiger partial charge in [0.2, 0.25) is 23.8 Å². The summed E-state index contributed by atoms with van der Waals surface area (Å²) in [6, 6.07) is 19.4. The van der Waals surface area contributed by atoms with Crippen molar-refractivity contribution in [2.24, 2.45) is 16.8 Å². The molecule has 0 fully saturated rings. The number of nitriles is 1. The Bertz CT molecular complexity index is 3610. The quantitative estimate of drug-likeness (QED) is 0.00357. The molecule has 0 spiro atoms. The second-order valence-electron chi connectivity index (χ2n) is 23.9. The van der Waals surface area contributed by atoms with Gasteiger partial charge in [-0.1, -0.05) is 45.0 Å². The van der Waals surface area contributed by atoms with Gasteiger partial charge in [-0.15, -0.1) is 10.9 Å². The van der Waals surface area contributed by atoms with Gasteiger partial charge in [0.05, 0.1) is 51.9 Å². The summed E-state index contributed by atoms with van der Waals surface area (Å²) in [5.74, 6) is -8.32. The fourth-order valence-corrected chi connectivity index (χ4v) is 8.31. The van der Waals surface area contributed by atoms with Gasteiger partial charge < -0.3 is 63.1 Å². The number of carbonyl (C=O) groups excluding carboxylic acids is 13. The minimum Gasteiger partial charge on any atom is -0.850 e. The summed E-state index contributed by atoms with van der Waals surface area (Å²) in [4.78, 5) is 156. The molecule has 0 saturated heterocycles. The van der Waals surface area contributed by atoms with Crippen molar-refractivity contribution in [1.82, 2.24) is 0 Å². The molecule has 4 aromatic rings. The molecule has 6 N–H and O–H groups in total. The third kappa shape index (κ3) is 45.6. The van der Waals surface area contributed by atoms with Gasteiger partial charge in [-0.2, -0.15) is 4.99 Å². The van der Waals surface area contributed by atoms with E-state index in [1.807, 2.05) is 0 Å². The Labute approximate surface area is 665 Å². The van der Waals surface area contributed by atoms with Crippen LogP contribution in [0.1, 0.15) is 142 Å². The number of nitrogens with one attached hydrogen (secondary N) is 6. The molecular weight excluding hydrogens is 1420 g/mol. The number of rotatable bonds is 39. The maximum Gasteiger partial charge on any atom is 1.00 e. The van der Waals surface area contributed by atoms with Crippen LogP contribution in [0, 0.1) is 51.0 Å². The van der Waals surface area contributed by atoms with Gasteiger partial charge in [0.25, 0.3) is 6.26 Å². The van der Waals surface area contributed by atoms with Gasteiger partial charge in [0, 0.05) is 66.6 Å². The topological polar surface area (TPSA) is 446 Å². The fourth-order valence-electron chi connectivity index (χ4n) is 8.31. The van der Waals surface area contributed by atoms with E-state index in [9.17, 15) is 67.4 Å². The van der Waals surface area contributed by atoms with E-state index in [0.29, 0.717) is 123 Å². The zero-order chi connectivity index (χ0) is 79.6. The molecule has 0 aliphatic heterocycles. The van der Waals surface area contributed by atoms with Crippen molar-refractivity contribution >= 4 is 117 Å². The molecule has 0 aromatic heterocycles. The van der Waals surface area contributed by atoms with Gasteiger partial charge in [-0.25, -0.2) is 24.0 Å². The second kappa shape index (κ2) is 55.9. The Morgan fingerprint density at radius 3 is 1.12 bits per heavy atom. The number of amides is 6. The van der Waals surface area contributed by atoms with Crippen LogP contribution in [-0.2, 0) is 85.8 Å². The number of unbranched alkanes of at least 4 members (excludes halogenated alkanes) is 4. The summed E-state index contributed by atoms with van der Waals surface area (Å²) >= 11 is 0. The van der Waals surface area contributed by atoms with Crippen LogP contribution in [0.15, 0.2) is 77.8 Å².